The highest BCUT2D eigenvalue weighted by Gasteiger charge is 2.30. The Morgan fingerprint density at radius 2 is 2.19 bits per heavy atom. The van der Waals surface area contributed by atoms with Gasteiger partial charge in [0.15, 0.2) is 0 Å². The molecule has 110 valence electrons. The zero-order chi connectivity index (χ0) is 15.2. The highest BCUT2D eigenvalue weighted by atomic mass is 32.2. The molecule has 0 radical (unpaired) electrons. The molecule has 0 unspecified atom stereocenters. The summed E-state index contributed by atoms with van der Waals surface area (Å²) in [6, 6.07) is 10.3. The first-order valence-electron chi connectivity index (χ1n) is 7.29. The van der Waals surface area contributed by atoms with Gasteiger partial charge in [-0.1, -0.05) is 37.6 Å². The van der Waals surface area contributed by atoms with Crippen LogP contribution in [-0.2, 0) is 4.79 Å². The van der Waals surface area contributed by atoms with Crippen molar-refractivity contribution in [2.75, 3.05) is 5.75 Å². The summed E-state index contributed by atoms with van der Waals surface area (Å²) in [5.74, 6) is 0.813. The summed E-state index contributed by atoms with van der Waals surface area (Å²) < 4.78 is 0. The number of allylic oxidation sites excluding steroid dienone is 1. The van der Waals surface area contributed by atoms with Crippen LogP contribution in [0, 0.1) is 18.3 Å². The lowest BCUT2D eigenvalue weighted by molar-refractivity contribution is -0.120. The molecular formula is C17H20N2OS. The van der Waals surface area contributed by atoms with Crippen molar-refractivity contribution < 1.29 is 4.79 Å². The Morgan fingerprint density at radius 1 is 1.43 bits per heavy atom. The molecule has 0 fully saturated rings. The van der Waals surface area contributed by atoms with Gasteiger partial charge in [-0.3, -0.25) is 4.79 Å². The molecule has 4 heteroatoms. The average Bonchev–Trinajstić information content (AvgIpc) is 2.47. The third kappa shape index (κ3) is 3.68. The van der Waals surface area contributed by atoms with Gasteiger partial charge in [-0.05, 0) is 30.2 Å². The number of hydrogen-bond donors (Lipinski definition) is 1. The molecule has 1 atom stereocenters. The first kappa shape index (κ1) is 15.7. The molecule has 1 aromatic carbocycles. The Kier molecular flexibility index (Phi) is 5.46. The Bertz CT molecular complexity index is 601. The summed E-state index contributed by atoms with van der Waals surface area (Å²) >= 11 is 1.59. The zero-order valence-electron chi connectivity index (χ0n) is 12.5. The van der Waals surface area contributed by atoms with Crippen LogP contribution in [0.1, 0.15) is 43.2 Å². The monoisotopic (exact) mass is 300 g/mol. The minimum Gasteiger partial charge on any atom is -0.320 e. The second kappa shape index (κ2) is 7.33. The van der Waals surface area contributed by atoms with E-state index in [1.807, 2.05) is 31.2 Å². The molecule has 1 amide bonds. The van der Waals surface area contributed by atoms with Crippen molar-refractivity contribution in [1.82, 2.24) is 5.32 Å². The van der Waals surface area contributed by atoms with E-state index < -0.39 is 0 Å². The second-order valence-corrected chi connectivity index (χ2v) is 6.32. The first-order valence-corrected chi connectivity index (χ1v) is 8.28. The van der Waals surface area contributed by atoms with E-state index in [9.17, 15) is 10.1 Å². The van der Waals surface area contributed by atoms with Gasteiger partial charge in [0.1, 0.15) is 0 Å². The van der Waals surface area contributed by atoms with Gasteiger partial charge < -0.3 is 5.32 Å². The normalized spacial score (nSPS) is 18.3. The lowest BCUT2D eigenvalue weighted by Gasteiger charge is -2.26. The van der Waals surface area contributed by atoms with Crippen LogP contribution >= 0.6 is 11.8 Å². The molecule has 2 rings (SSSR count). The Balaban J connectivity index is 2.35. The van der Waals surface area contributed by atoms with Crippen LogP contribution in [0.5, 0.6) is 0 Å². The summed E-state index contributed by atoms with van der Waals surface area (Å²) in [5.41, 5.74) is 2.91. The Labute approximate surface area is 130 Å². The summed E-state index contributed by atoms with van der Waals surface area (Å²) in [5, 5.41) is 13.2. The Hall–Kier alpha value is -1.73. The standard InChI is InChI=1S/C17H20N2OS/c1-3-4-9-21-17-15(11-18)14(10-16(20)19-17)13-8-6-5-7-12(13)2/h5-8,14H,3-4,9-10H2,1-2H3,(H,19,20)/t14-/m0/s1. The summed E-state index contributed by atoms with van der Waals surface area (Å²) in [6.07, 6.45) is 2.54. The van der Waals surface area contributed by atoms with Gasteiger partial charge >= 0.3 is 0 Å². The van der Waals surface area contributed by atoms with Crippen molar-refractivity contribution in [3.05, 3.63) is 46.0 Å². The molecule has 1 heterocycles. The smallest absolute Gasteiger partial charge is 0.225 e. The minimum absolute atomic E-state index is 0.00116. The number of nitriles is 1. The van der Waals surface area contributed by atoms with Crippen molar-refractivity contribution >= 4 is 17.7 Å². The maximum absolute atomic E-state index is 12.0. The summed E-state index contributed by atoms with van der Waals surface area (Å²) in [4.78, 5) is 12.0. The number of nitrogens with one attached hydrogen (secondary N) is 1. The van der Waals surface area contributed by atoms with Crippen molar-refractivity contribution in [1.29, 1.82) is 5.26 Å². The largest absolute Gasteiger partial charge is 0.320 e. The number of hydrogen-bond acceptors (Lipinski definition) is 3. The van der Waals surface area contributed by atoms with Crippen LogP contribution < -0.4 is 5.32 Å². The van der Waals surface area contributed by atoms with Gasteiger partial charge in [0.25, 0.3) is 0 Å². The number of amides is 1. The van der Waals surface area contributed by atoms with E-state index >= 15 is 0 Å². The summed E-state index contributed by atoms with van der Waals surface area (Å²) in [6.45, 7) is 4.16. The number of unbranched alkanes of at least 4 members (excludes halogenated alkanes) is 1. The number of thioether (sulfide) groups is 1. The molecule has 1 N–H and O–H groups in total. The molecule has 3 nitrogen and oxygen atoms in total. The lowest BCUT2D eigenvalue weighted by atomic mass is 9.85. The minimum atomic E-state index is -0.117. The predicted octanol–water partition coefficient (Wildman–Crippen LogP) is 3.87. The SMILES string of the molecule is CCCCSC1=C(C#N)[C@H](c2ccccc2C)CC(=O)N1. The van der Waals surface area contributed by atoms with Crippen LogP contribution in [0.3, 0.4) is 0 Å². The molecule has 0 saturated carbocycles. The maximum Gasteiger partial charge on any atom is 0.225 e. The van der Waals surface area contributed by atoms with Crippen LogP contribution in [0.15, 0.2) is 34.9 Å². The van der Waals surface area contributed by atoms with Gasteiger partial charge in [-0.25, -0.2) is 0 Å². The topological polar surface area (TPSA) is 52.9 Å². The van der Waals surface area contributed by atoms with Crippen LogP contribution in [0.25, 0.3) is 0 Å². The van der Waals surface area contributed by atoms with E-state index in [0.717, 1.165) is 34.8 Å². The van der Waals surface area contributed by atoms with Crippen LogP contribution in [0.2, 0.25) is 0 Å². The average molecular weight is 300 g/mol. The molecule has 0 aromatic heterocycles. The lowest BCUT2D eigenvalue weighted by Crippen LogP contribution is -2.31. The summed E-state index contributed by atoms with van der Waals surface area (Å²) in [7, 11) is 0. The molecule has 0 aliphatic carbocycles. The van der Waals surface area contributed by atoms with Gasteiger partial charge in [0.05, 0.1) is 16.7 Å². The van der Waals surface area contributed by atoms with E-state index in [0.29, 0.717) is 12.0 Å². The molecule has 1 aliphatic rings. The fraction of sp³-hybridized carbons (Fsp3) is 0.412. The second-order valence-electron chi connectivity index (χ2n) is 5.22. The Morgan fingerprint density at radius 3 is 2.86 bits per heavy atom. The van der Waals surface area contributed by atoms with Crippen molar-refractivity contribution in [3.63, 3.8) is 0 Å². The van der Waals surface area contributed by atoms with E-state index in [1.165, 1.54) is 0 Å². The van der Waals surface area contributed by atoms with Gasteiger partial charge in [0, 0.05) is 12.3 Å². The van der Waals surface area contributed by atoms with E-state index in [1.54, 1.807) is 11.8 Å². The number of nitrogens with zero attached hydrogens (tertiary/aromatic N) is 1. The third-order valence-corrected chi connectivity index (χ3v) is 4.77. The van der Waals surface area contributed by atoms with Gasteiger partial charge in [0.2, 0.25) is 5.91 Å². The van der Waals surface area contributed by atoms with Gasteiger partial charge in [-0.2, -0.15) is 5.26 Å². The van der Waals surface area contributed by atoms with Crippen molar-refractivity contribution in [3.8, 4) is 6.07 Å². The molecule has 0 bridgehead atoms. The van der Waals surface area contributed by atoms with Crippen molar-refractivity contribution in [2.45, 2.75) is 39.0 Å². The highest BCUT2D eigenvalue weighted by molar-refractivity contribution is 8.03. The fourth-order valence-corrected chi connectivity index (χ4v) is 3.66. The number of carbonyl (C=O) groups is 1. The maximum atomic E-state index is 12.0. The molecule has 21 heavy (non-hydrogen) atoms. The van der Waals surface area contributed by atoms with Crippen molar-refractivity contribution in [2.24, 2.45) is 0 Å². The van der Waals surface area contributed by atoms with E-state index in [2.05, 4.69) is 18.3 Å². The van der Waals surface area contributed by atoms with E-state index in [4.69, 9.17) is 0 Å². The number of aryl methyl sites for hydroxylation is 1. The molecule has 1 aliphatic heterocycles. The highest BCUT2D eigenvalue weighted by Crippen LogP contribution is 2.37. The number of rotatable bonds is 5. The predicted molar refractivity (Wildman–Crippen MR) is 86.7 cm³/mol. The van der Waals surface area contributed by atoms with Gasteiger partial charge in [-0.15, -0.1) is 11.8 Å². The molecule has 1 aromatic rings. The first-order chi connectivity index (χ1) is 10.2. The third-order valence-electron chi connectivity index (χ3n) is 3.66. The quantitative estimate of drug-likeness (QED) is 0.840. The van der Waals surface area contributed by atoms with Crippen LogP contribution in [0.4, 0.5) is 0 Å². The number of benzene rings is 1. The fourth-order valence-electron chi connectivity index (χ4n) is 2.50. The zero-order valence-corrected chi connectivity index (χ0v) is 13.3. The van der Waals surface area contributed by atoms with E-state index in [-0.39, 0.29) is 11.8 Å². The number of carbonyl (C=O) groups excluding carboxylic acids is 1. The molecular weight excluding hydrogens is 280 g/mol. The molecule has 0 spiro atoms. The van der Waals surface area contributed by atoms with Crippen LogP contribution in [-0.4, -0.2) is 11.7 Å². The molecule has 0 saturated heterocycles.